The Labute approximate surface area is 125 Å². The normalized spacial score (nSPS) is 27.8. The molecular weight excluding hydrogens is 324 g/mol. The summed E-state index contributed by atoms with van der Waals surface area (Å²) in [5.41, 5.74) is 0. The van der Waals surface area contributed by atoms with Crippen molar-refractivity contribution in [2.24, 2.45) is 4.99 Å². The molecule has 0 radical (unpaired) electrons. The molecule has 2 amide bonds. The van der Waals surface area contributed by atoms with Crippen molar-refractivity contribution >= 4 is 39.8 Å². The van der Waals surface area contributed by atoms with E-state index in [1.54, 1.807) is 17.8 Å². The van der Waals surface area contributed by atoms with Gasteiger partial charge in [-0.3, -0.25) is 4.79 Å². The van der Waals surface area contributed by atoms with Gasteiger partial charge in [0.2, 0.25) is 0 Å². The second-order valence-electron chi connectivity index (χ2n) is 5.19. The number of amides is 2. The molecule has 3 aliphatic heterocycles. The summed E-state index contributed by atoms with van der Waals surface area (Å²) in [5, 5.41) is 3.27. The molecule has 3 aliphatic rings. The number of carbonyl (C=O) groups excluding carboxylic acids is 2. The summed E-state index contributed by atoms with van der Waals surface area (Å²) < 4.78 is 2.44. The number of dihydropyridines is 1. The van der Waals surface area contributed by atoms with E-state index in [9.17, 15) is 9.59 Å². The Hall–Kier alpha value is -1.34. The third-order valence-electron chi connectivity index (χ3n) is 3.96. The first-order valence-electron chi connectivity index (χ1n) is 6.69. The fourth-order valence-corrected chi connectivity index (χ4v) is 3.22. The van der Waals surface area contributed by atoms with Gasteiger partial charge in [0.1, 0.15) is 6.04 Å². The average molecular weight is 340 g/mol. The summed E-state index contributed by atoms with van der Waals surface area (Å²) in [4.78, 5) is 30.4. The van der Waals surface area contributed by atoms with Gasteiger partial charge in [0.25, 0.3) is 0 Å². The summed E-state index contributed by atoms with van der Waals surface area (Å²) in [6, 6.07) is -0.212. The van der Waals surface area contributed by atoms with Crippen molar-refractivity contribution in [2.75, 3.05) is 20.1 Å². The van der Waals surface area contributed by atoms with Crippen LogP contribution in [0.1, 0.15) is 12.8 Å². The van der Waals surface area contributed by atoms with E-state index in [4.69, 9.17) is 0 Å². The Kier molecular flexibility index (Phi) is 3.55. The van der Waals surface area contributed by atoms with Crippen LogP contribution in [-0.4, -0.2) is 65.6 Å². The van der Waals surface area contributed by atoms with Crippen LogP contribution in [-0.2, 0) is 9.59 Å². The first-order valence-corrected chi connectivity index (χ1v) is 7.48. The number of allylic oxidation sites excluding steroid dienone is 1. The van der Waals surface area contributed by atoms with Crippen molar-refractivity contribution in [3.05, 3.63) is 10.6 Å². The SMILES string of the molecule is CN1C(=O)C(=O)[N+](C2CCNCC2)=C2N=CC(Br)=CC21. The highest BCUT2D eigenvalue weighted by atomic mass is 79.9. The van der Waals surface area contributed by atoms with Crippen LogP contribution in [0.25, 0.3) is 0 Å². The molecule has 0 aromatic carbocycles. The third-order valence-corrected chi connectivity index (χ3v) is 4.43. The van der Waals surface area contributed by atoms with Crippen LogP contribution in [0.2, 0.25) is 0 Å². The number of rotatable bonds is 1. The van der Waals surface area contributed by atoms with Gasteiger partial charge >= 0.3 is 17.6 Å². The van der Waals surface area contributed by atoms with Crippen LogP contribution in [0.4, 0.5) is 0 Å². The fourth-order valence-electron chi connectivity index (χ4n) is 2.86. The molecule has 1 saturated heterocycles. The predicted molar refractivity (Wildman–Crippen MR) is 78.2 cm³/mol. The lowest BCUT2D eigenvalue weighted by molar-refractivity contribution is -0.492. The van der Waals surface area contributed by atoms with E-state index in [0.717, 1.165) is 30.4 Å². The van der Waals surface area contributed by atoms with Crippen molar-refractivity contribution in [1.29, 1.82) is 0 Å². The standard InChI is InChI=1S/C13H16BrN4O2/c1-17-10-6-8(14)7-16-11(10)18(13(20)12(17)19)9-2-4-15-5-3-9/h6-7,9-10,15H,2-5H2,1H3/q+1. The molecule has 3 rings (SSSR count). The fraction of sp³-hybridized carbons (Fsp3) is 0.538. The van der Waals surface area contributed by atoms with Gasteiger partial charge in [-0.25, -0.2) is 4.79 Å². The maximum Gasteiger partial charge on any atom is 0.399 e. The van der Waals surface area contributed by atoms with E-state index < -0.39 is 11.8 Å². The molecule has 1 N–H and O–H groups in total. The number of carbonyl (C=O) groups is 2. The molecule has 0 aliphatic carbocycles. The zero-order valence-electron chi connectivity index (χ0n) is 11.2. The van der Waals surface area contributed by atoms with Gasteiger partial charge in [-0.05, 0) is 35.1 Å². The average Bonchev–Trinajstić information content (AvgIpc) is 2.47. The summed E-state index contributed by atoms with van der Waals surface area (Å²) in [6.07, 6.45) is 5.27. The Morgan fingerprint density at radius 3 is 2.80 bits per heavy atom. The van der Waals surface area contributed by atoms with E-state index in [-0.39, 0.29) is 12.1 Å². The van der Waals surface area contributed by atoms with Crippen LogP contribution >= 0.6 is 15.9 Å². The van der Waals surface area contributed by atoms with E-state index in [1.165, 1.54) is 4.90 Å². The van der Waals surface area contributed by atoms with Gasteiger partial charge in [-0.15, -0.1) is 0 Å². The number of halogens is 1. The summed E-state index contributed by atoms with van der Waals surface area (Å²) in [5.74, 6) is -0.271. The molecule has 0 aromatic heterocycles. The molecule has 1 fully saturated rings. The van der Waals surface area contributed by atoms with Gasteiger partial charge in [-0.1, -0.05) is 4.99 Å². The third kappa shape index (κ3) is 2.14. The first kappa shape index (κ1) is 13.6. The summed E-state index contributed by atoms with van der Waals surface area (Å²) in [7, 11) is 1.64. The quantitative estimate of drug-likeness (QED) is 0.535. The molecule has 0 spiro atoms. The molecule has 0 saturated carbocycles. The number of nitrogens with one attached hydrogen (secondary N) is 1. The zero-order chi connectivity index (χ0) is 14.3. The number of hydrogen-bond donors (Lipinski definition) is 1. The number of nitrogens with zero attached hydrogens (tertiary/aromatic N) is 3. The highest BCUT2D eigenvalue weighted by Crippen LogP contribution is 2.21. The lowest BCUT2D eigenvalue weighted by Crippen LogP contribution is -2.59. The predicted octanol–water partition coefficient (Wildman–Crippen LogP) is -0.120. The second kappa shape index (κ2) is 5.21. The van der Waals surface area contributed by atoms with E-state index in [2.05, 4.69) is 26.2 Å². The Balaban J connectivity index is 2.07. The van der Waals surface area contributed by atoms with Crippen LogP contribution in [0.3, 0.4) is 0 Å². The number of likely N-dealkylation sites (N-methyl/N-ethyl adjacent to an activating group) is 1. The Bertz CT molecular complexity index is 561. The number of fused-ring (bicyclic) bond motifs is 1. The van der Waals surface area contributed by atoms with E-state index in [1.807, 2.05) is 6.08 Å². The van der Waals surface area contributed by atoms with Crippen molar-refractivity contribution in [1.82, 2.24) is 10.2 Å². The van der Waals surface area contributed by atoms with Crippen molar-refractivity contribution in [3.8, 4) is 0 Å². The van der Waals surface area contributed by atoms with Gasteiger partial charge in [0.15, 0.2) is 12.3 Å². The van der Waals surface area contributed by atoms with Crippen LogP contribution in [0, 0.1) is 0 Å². The van der Waals surface area contributed by atoms with E-state index >= 15 is 0 Å². The maximum atomic E-state index is 12.4. The van der Waals surface area contributed by atoms with Gasteiger partial charge < -0.3 is 10.2 Å². The largest absolute Gasteiger partial charge is 0.399 e. The number of amidine groups is 1. The molecule has 1 atom stereocenters. The molecule has 106 valence electrons. The minimum atomic E-state index is -0.467. The Morgan fingerprint density at radius 2 is 2.10 bits per heavy atom. The molecular formula is C13H16BrN4O2+. The molecule has 0 bridgehead atoms. The lowest BCUT2D eigenvalue weighted by atomic mass is 10.0. The lowest BCUT2D eigenvalue weighted by Gasteiger charge is -2.32. The topological polar surface area (TPSA) is 64.8 Å². The number of hydrogen-bond acceptors (Lipinski definition) is 4. The molecule has 6 nitrogen and oxygen atoms in total. The van der Waals surface area contributed by atoms with Crippen LogP contribution in [0.5, 0.6) is 0 Å². The molecule has 7 heteroatoms. The summed E-state index contributed by atoms with van der Waals surface area (Å²) in [6.45, 7) is 1.72. The Morgan fingerprint density at radius 1 is 1.40 bits per heavy atom. The minimum Gasteiger partial charge on any atom is -0.317 e. The molecule has 1 unspecified atom stereocenters. The van der Waals surface area contributed by atoms with Crippen molar-refractivity contribution in [3.63, 3.8) is 0 Å². The van der Waals surface area contributed by atoms with Crippen molar-refractivity contribution < 1.29 is 14.2 Å². The van der Waals surface area contributed by atoms with Crippen LogP contribution in [0.15, 0.2) is 15.6 Å². The van der Waals surface area contributed by atoms with Gasteiger partial charge in [-0.2, -0.15) is 4.58 Å². The van der Waals surface area contributed by atoms with Gasteiger partial charge in [0, 0.05) is 19.9 Å². The first-order chi connectivity index (χ1) is 9.59. The van der Waals surface area contributed by atoms with E-state index in [0.29, 0.717) is 5.84 Å². The van der Waals surface area contributed by atoms with Crippen LogP contribution < -0.4 is 5.32 Å². The second-order valence-corrected chi connectivity index (χ2v) is 6.10. The molecule has 20 heavy (non-hydrogen) atoms. The highest BCUT2D eigenvalue weighted by Gasteiger charge is 2.47. The monoisotopic (exact) mass is 339 g/mol. The zero-order valence-corrected chi connectivity index (χ0v) is 12.8. The number of aliphatic imine (C=N–C) groups is 1. The van der Waals surface area contributed by atoms with Gasteiger partial charge in [0.05, 0.1) is 4.48 Å². The molecule has 3 heterocycles. The number of piperidine rings is 1. The maximum absolute atomic E-state index is 12.4. The smallest absolute Gasteiger partial charge is 0.317 e. The van der Waals surface area contributed by atoms with Crippen molar-refractivity contribution in [2.45, 2.75) is 24.9 Å². The minimum absolute atomic E-state index is 0.0568. The molecule has 0 aromatic rings. The highest BCUT2D eigenvalue weighted by molar-refractivity contribution is 9.12. The summed E-state index contributed by atoms with van der Waals surface area (Å²) >= 11 is 3.38.